The number of ether oxygens (including phenoxy) is 2. The molecule has 112 valence electrons. The topological polar surface area (TPSA) is 50.8 Å². The highest BCUT2D eigenvalue weighted by atomic mass is 16.7. The minimum Gasteiger partial charge on any atom is -0.454 e. The fraction of sp³-hybridized carbons (Fsp3) is 0.562. The predicted octanol–water partition coefficient (Wildman–Crippen LogP) is 1.23. The molecule has 5 nitrogen and oxygen atoms in total. The maximum atomic E-state index is 11.8. The zero-order chi connectivity index (χ0) is 14.4. The highest BCUT2D eigenvalue weighted by molar-refractivity contribution is 5.79. The maximum absolute atomic E-state index is 11.8. The molecule has 0 unspecified atom stereocenters. The number of rotatable bonds is 2. The van der Waals surface area contributed by atoms with Crippen LogP contribution in [0.25, 0.3) is 0 Å². The maximum Gasteiger partial charge on any atom is 0.231 e. The Bertz CT molecular complexity index is 575. The molecule has 3 aliphatic heterocycles. The summed E-state index contributed by atoms with van der Waals surface area (Å²) in [5, 5.41) is 3.02. The third-order valence-electron chi connectivity index (χ3n) is 5.00. The zero-order valence-electron chi connectivity index (χ0n) is 12.2. The molecule has 4 rings (SSSR count). The summed E-state index contributed by atoms with van der Waals surface area (Å²) in [6, 6.07) is 6.15. The molecular weight excluding hydrogens is 268 g/mol. The summed E-state index contributed by atoms with van der Waals surface area (Å²) in [4.78, 5) is 14.2. The summed E-state index contributed by atoms with van der Waals surface area (Å²) >= 11 is 0. The number of piperidine rings is 1. The largest absolute Gasteiger partial charge is 0.454 e. The van der Waals surface area contributed by atoms with Crippen molar-refractivity contribution in [2.75, 3.05) is 26.4 Å². The molecule has 0 radical (unpaired) electrons. The van der Waals surface area contributed by atoms with Crippen LogP contribution in [0.2, 0.25) is 0 Å². The Morgan fingerprint density at radius 2 is 2.14 bits per heavy atom. The Balaban J connectivity index is 1.45. The van der Waals surface area contributed by atoms with Gasteiger partial charge in [0.1, 0.15) is 0 Å². The highest BCUT2D eigenvalue weighted by Crippen LogP contribution is 2.35. The molecule has 3 aliphatic rings. The van der Waals surface area contributed by atoms with E-state index in [0.717, 1.165) is 37.7 Å². The lowest BCUT2D eigenvalue weighted by Gasteiger charge is -2.30. The van der Waals surface area contributed by atoms with Crippen molar-refractivity contribution < 1.29 is 14.3 Å². The first kappa shape index (κ1) is 13.0. The molecule has 1 N–H and O–H groups in total. The van der Waals surface area contributed by atoms with Crippen molar-refractivity contribution in [1.82, 2.24) is 10.2 Å². The van der Waals surface area contributed by atoms with Crippen LogP contribution in [0.4, 0.5) is 0 Å². The lowest BCUT2D eigenvalue weighted by molar-refractivity contribution is -0.128. The van der Waals surface area contributed by atoms with Crippen molar-refractivity contribution in [2.45, 2.75) is 13.5 Å². The van der Waals surface area contributed by atoms with Gasteiger partial charge >= 0.3 is 0 Å². The summed E-state index contributed by atoms with van der Waals surface area (Å²) in [5.74, 6) is 3.10. The molecule has 5 heteroatoms. The van der Waals surface area contributed by atoms with Crippen LogP contribution in [-0.4, -0.2) is 37.2 Å². The van der Waals surface area contributed by atoms with Crippen molar-refractivity contribution in [2.24, 2.45) is 17.8 Å². The Labute approximate surface area is 124 Å². The van der Waals surface area contributed by atoms with E-state index in [1.54, 1.807) is 0 Å². The third-order valence-corrected chi connectivity index (χ3v) is 5.00. The number of benzene rings is 1. The number of carbonyl (C=O) groups is 1. The Hall–Kier alpha value is -1.75. The Morgan fingerprint density at radius 3 is 3.05 bits per heavy atom. The standard InChI is InChI=1S/C16H20N2O3/c1-10-13-8-18(7-12(13)5-17-16(10)19)6-11-2-3-14-15(4-11)21-9-20-14/h2-4,10,12-13H,5-9H2,1H3,(H,17,19)/t10-,12-,13-/m0/s1. The third kappa shape index (κ3) is 2.25. The summed E-state index contributed by atoms with van der Waals surface area (Å²) in [5.41, 5.74) is 1.24. The lowest BCUT2D eigenvalue weighted by Crippen LogP contribution is -2.46. The first-order valence-electron chi connectivity index (χ1n) is 7.59. The number of fused-ring (bicyclic) bond motifs is 2. The van der Waals surface area contributed by atoms with Crippen LogP contribution in [0.5, 0.6) is 11.5 Å². The van der Waals surface area contributed by atoms with Gasteiger partial charge in [0.15, 0.2) is 11.5 Å². The molecule has 0 spiro atoms. The van der Waals surface area contributed by atoms with Gasteiger partial charge < -0.3 is 14.8 Å². The second-order valence-corrected chi connectivity index (χ2v) is 6.34. The van der Waals surface area contributed by atoms with Crippen molar-refractivity contribution in [1.29, 1.82) is 0 Å². The fourth-order valence-corrected chi connectivity index (χ4v) is 3.78. The van der Waals surface area contributed by atoms with E-state index >= 15 is 0 Å². The fourth-order valence-electron chi connectivity index (χ4n) is 3.78. The number of nitrogens with one attached hydrogen (secondary N) is 1. The van der Waals surface area contributed by atoms with Gasteiger partial charge in [-0.15, -0.1) is 0 Å². The molecule has 0 saturated carbocycles. The van der Waals surface area contributed by atoms with Gasteiger partial charge in [0, 0.05) is 32.1 Å². The van der Waals surface area contributed by atoms with E-state index in [-0.39, 0.29) is 11.8 Å². The molecule has 3 heterocycles. The summed E-state index contributed by atoms with van der Waals surface area (Å²) in [7, 11) is 0. The number of hydrogen-bond acceptors (Lipinski definition) is 4. The second-order valence-electron chi connectivity index (χ2n) is 6.34. The van der Waals surface area contributed by atoms with Gasteiger partial charge in [-0.1, -0.05) is 13.0 Å². The first-order valence-corrected chi connectivity index (χ1v) is 7.59. The van der Waals surface area contributed by atoms with E-state index in [4.69, 9.17) is 9.47 Å². The van der Waals surface area contributed by atoms with Gasteiger partial charge in [-0.05, 0) is 29.5 Å². The van der Waals surface area contributed by atoms with Gasteiger partial charge in [-0.3, -0.25) is 9.69 Å². The Kier molecular flexibility index (Phi) is 3.03. The SMILES string of the molecule is C[C@@H]1C(=O)NC[C@H]2CN(Cc3ccc4c(c3)OCO4)C[C@H]21. The molecule has 2 fully saturated rings. The molecular formula is C16H20N2O3. The molecule has 0 aromatic heterocycles. The molecule has 0 bridgehead atoms. The summed E-state index contributed by atoms with van der Waals surface area (Å²) in [6.07, 6.45) is 0. The molecule has 3 atom stereocenters. The monoisotopic (exact) mass is 288 g/mol. The van der Waals surface area contributed by atoms with E-state index in [0.29, 0.717) is 18.6 Å². The van der Waals surface area contributed by atoms with Crippen LogP contribution in [0, 0.1) is 17.8 Å². The number of nitrogens with zero attached hydrogens (tertiary/aromatic N) is 1. The van der Waals surface area contributed by atoms with Crippen molar-refractivity contribution in [3.63, 3.8) is 0 Å². The van der Waals surface area contributed by atoms with Crippen molar-refractivity contribution in [3.8, 4) is 11.5 Å². The van der Waals surface area contributed by atoms with Crippen LogP contribution in [0.1, 0.15) is 12.5 Å². The Morgan fingerprint density at radius 1 is 1.29 bits per heavy atom. The molecule has 1 aromatic rings. The lowest BCUT2D eigenvalue weighted by atomic mass is 9.81. The van der Waals surface area contributed by atoms with E-state index in [9.17, 15) is 4.79 Å². The number of carbonyl (C=O) groups excluding carboxylic acids is 1. The number of likely N-dealkylation sites (tertiary alicyclic amines) is 1. The molecule has 2 saturated heterocycles. The van der Waals surface area contributed by atoms with Crippen molar-refractivity contribution >= 4 is 5.91 Å². The van der Waals surface area contributed by atoms with Crippen LogP contribution < -0.4 is 14.8 Å². The molecule has 21 heavy (non-hydrogen) atoms. The minimum absolute atomic E-state index is 0.130. The average molecular weight is 288 g/mol. The van der Waals surface area contributed by atoms with Crippen LogP contribution in [0.15, 0.2) is 18.2 Å². The van der Waals surface area contributed by atoms with Gasteiger partial charge in [-0.2, -0.15) is 0 Å². The van der Waals surface area contributed by atoms with E-state index in [2.05, 4.69) is 29.3 Å². The van der Waals surface area contributed by atoms with Crippen LogP contribution in [-0.2, 0) is 11.3 Å². The smallest absolute Gasteiger partial charge is 0.231 e. The highest BCUT2D eigenvalue weighted by Gasteiger charge is 2.41. The van der Waals surface area contributed by atoms with Gasteiger partial charge in [-0.25, -0.2) is 0 Å². The number of amides is 1. The van der Waals surface area contributed by atoms with E-state index < -0.39 is 0 Å². The predicted molar refractivity (Wildman–Crippen MR) is 77.0 cm³/mol. The van der Waals surface area contributed by atoms with Crippen LogP contribution in [0.3, 0.4) is 0 Å². The summed E-state index contributed by atoms with van der Waals surface area (Å²) < 4.78 is 10.8. The van der Waals surface area contributed by atoms with Gasteiger partial charge in [0.2, 0.25) is 12.7 Å². The van der Waals surface area contributed by atoms with Crippen LogP contribution >= 0.6 is 0 Å². The quantitative estimate of drug-likeness (QED) is 0.889. The van der Waals surface area contributed by atoms with Gasteiger partial charge in [0.05, 0.1) is 0 Å². The normalized spacial score (nSPS) is 31.1. The first-order chi connectivity index (χ1) is 10.2. The van der Waals surface area contributed by atoms with E-state index in [1.807, 2.05) is 6.07 Å². The van der Waals surface area contributed by atoms with Gasteiger partial charge in [0.25, 0.3) is 0 Å². The van der Waals surface area contributed by atoms with E-state index in [1.165, 1.54) is 5.56 Å². The average Bonchev–Trinajstić information content (AvgIpc) is 3.09. The second kappa shape index (κ2) is 4.91. The molecule has 1 aromatic carbocycles. The van der Waals surface area contributed by atoms with Crippen molar-refractivity contribution in [3.05, 3.63) is 23.8 Å². The molecule has 0 aliphatic carbocycles. The number of hydrogen-bond donors (Lipinski definition) is 1. The zero-order valence-corrected chi connectivity index (χ0v) is 12.2. The summed E-state index contributed by atoms with van der Waals surface area (Å²) in [6.45, 7) is 6.17. The molecule has 1 amide bonds. The minimum atomic E-state index is 0.130.